The van der Waals surface area contributed by atoms with Gasteiger partial charge in [0, 0.05) is 5.56 Å². The van der Waals surface area contributed by atoms with Gasteiger partial charge >= 0.3 is 5.97 Å². The molecule has 0 saturated carbocycles. The highest BCUT2D eigenvalue weighted by Gasteiger charge is 2.38. The van der Waals surface area contributed by atoms with Crippen LogP contribution >= 0.6 is 23.2 Å². The zero-order valence-corrected chi connectivity index (χ0v) is 20.0. The molecule has 0 radical (unpaired) electrons. The molecule has 174 valence electrons. The average Bonchev–Trinajstić information content (AvgIpc) is 2.88. The minimum absolute atomic E-state index is 0.240. The van der Waals surface area contributed by atoms with Gasteiger partial charge in [0.25, 0.3) is 0 Å². The molecule has 0 bridgehead atoms. The molecule has 0 aromatic heterocycles. The Morgan fingerprint density at radius 3 is 1.21 bits per heavy atom. The monoisotopic (exact) mass is 493 g/mol. The lowest BCUT2D eigenvalue weighted by atomic mass is 10.1. The summed E-state index contributed by atoms with van der Waals surface area (Å²) in [5, 5.41) is 0.587. The average molecular weight is 494 g/mol. The fourth-order valence-corrected chi connectivity index (χ4v) is 3.88. The van der Waals surface area contributed by atoms with Crippen molar-refractivity contribution in [3.8, 4) is 0 Å². The highest BCUT2D eigenvalue weighted by atomic mass is 35.5. The summed E-state index contributed by atoms with van der Waals surface area (Å²) in [7, 11) is 0. The van der Waals surface area contributed by atoms with Gasteiger partial charge in [0.2, 0.25) is 0 Å². The van der Waals surface area contributed by atoms with E-state index in [-0.39, 0.29) is 25.5 Å². The summed E-state index contributed by atoms with van der Waals surface area (Å²) in [6, 6.07) is 32.8. The number of nitrogen functional groups attached to an aromatic ring is 1. The number of nitrogens with two attached hydrogens (primary N) is 1. The normalized spacial score (nSPS) is 11.5. The van der Waals surface area contributed by atoms with Gasteiger partial charge in [0.05, 0.1) is 35.6 Å². The molecule has 0 atom stereocenters. The summed E-state index contributed by atoms with van der Waals surface area (Å²) in [6.45, 7) is 0.720. The van der Waals surface area contributed by atoms with E-state index in [9.17, 15) is 0 Å². The van der Waals surface area contributed by atoms with Gasteiger partial charge in [-0.15, -0.1) is 0 Å². The number of hydrogen-bond acceptors (Lipinski definition) is 4. The van der Waals surface area contributed by atoms with Crippen molar-refractivity contribution in [2.75, 3.05) is 5.73 Å². The molecule has 0 heterocycles. The summed E-state index contributed by atoms with van der Waals surface area (Å²) < 4.78 is 19.2. The minimum atomic E-state index is -1.59. The highest BCUT2D eigenvalue weighted by molar-refractivity contribution is 6.38. The summed E-state index contributed by atoms with van der Waals surface area (Å²) in [5.74, 6) is -1.59. The summed E-state index contributed by atoms with van der Waals surface area (Å²) in [5.41, 5.74) is 9.70. The fraction of sp³-hybridized carbons (Fsp3) is 0.143. The quantitative estimate of drug-likeness (QED) is 0.185. The molecule has 0 aliphatic heterocycles. The van der Waals surface area contributed by atoms with Crippen LogP contribution < -0.4 is 5.73 Å². The van der Waals surface area contributed by atoms with Crippen molar-refractivity contribution in [3.63, 3.8) is 0 Å². The molecule has 4 aromatic rings. The van der Waals surface area contributed by atoms with Crippen LogP contribution in [0.25, 0.3) is 0 Å². The van der Waals surface area contributed by atoms with Gasteiger partial charge in [0.1, 0.15) is 0 Å². The van der Waals surface area contributed by atoms with E-state index in [2.05, 4.69) is 0 Å². The van der Waals surface area contributed by atoms with E-state index in [1.807, 2.05) is 91.0 Å². The van der Waals surface area contributed by atoms with E-state index >= 15 is 0 Å². The van der Waals surface area contributed by atoms with E-state index < -0.39 is 5.97 Å². The third-order valence-corrected chi connectivity index (χ3v) is 5.87. The van der Waals surface area contributed by atoms with Crippen molar-refractivity contribution in [2.45, 2.75) is 25.8 Å². The van der Waals surface area contributed by atoms with Gasteiger partial charge in [-0.2, -0.15) is 0 Å². The Morgan fingerprint density at radius 1 is 0.559 bits per heavy atom. The lowest BCUT2D eigenvalue weighted by molar-refractivity contribution is -0.407. The SMILES string of the molecule is Nc1c(Cl)cc(C(OCc2ccccc2)(OCc2ccccc2)OCc2ccccc2)cc1Cl. The number of hydrogen-bond donors (Lipinski definition) is 1. The number of anilines is 1. The highest BCUT2D eigenvalue weighted by Crippen LogP contribution is 2.38. The molecule has 4 aromatic carbocycles. The Labute approximate surface area is 209 Å². The molecule has 0 amide bonds. The molecule has 6 heteroatoms. The molecule has 0 spiro atoms. The van der Waals surface area contributed by atoms with Crippen molar-refractivity contribution in [2.24, 2.45) is 0 Å². The topological polar surface area (TPSA) is 53.7 Å². The zero-order valence-electron chi connectivity index (χ0n) is 18.5. The van der Waals surface area contributed by atoms with Gasteiger partial charge in [-0.25, -0.2) is 0 Å². The van der Waals surface area contributed by atoms with Crippen LogP contribution in [0.3, 0.4) is 0 Å². The standard InChI is InChI=1S/C28H25Cl2NO3/c29-25-16-24(17-26(30)27(25)31)28(32-18-21-10-4-1-5-11-21,33-19-22-12-6-2-7-13-22)34-20-23-14-8-3-9-15-23/h1-17H,18-20,31H2. The van der Waals surface area contributed by atoms with Crippen molar-refractivity contribution >= 4 is 28.9 Å². The first-order chi connectivity index (χ1) is 16.6. The summed E-state index contributed by atoms with van der Waals surface area (Å²) in [6.07, 6.45) is 0. The molecule has 2 N–H and O–H groups in total. The van der Waals surface area contributed by atoms with E-state index in [4.69, 9.17) is 43.1 Å². The Morgan fingerprint density at radius 2 is 0.882 bits per heavy atom. The van der Waals surface area contributed by atoms with E-state index in [1.165, 1.54) is 0 Å². The van der Waals surface area contributed by atoms with Crippen molar-refractivity contribution in [3.05, 3.63) is 135 Å². The van der Waals surface area contributed by atoms with Gasteiger partial charge in [-0.3, -0.25) is 0 Å². The molecule has 0 fully saturated rings. The maximum absolute atomic E-state index is 6.40. The fourth-order valence-electron chi connectivity index (χ4n) is 3.39. The summed E-state index contributed by atoms with van der Waals surface area (Å²) in [4.78, 5) is 0. The first-order valence-electron chi connectivity index (χ1n) is 10.8. The second-order valence-electron chi connectivity index (χ2n) is 7.73. The van der Waals surface area contributed by atoms with Crippen LogP contribution in [-0.2, 0) is 40.0 Å². The molecular weight excluding hydrogens is 469 g/mol. The number of benzene rings is 4. The third kappa shape index (κ3) is 6.17. The maximum Gasteiger partial charge on any atom is 0.313 e. The predicted octanol–water partition coefficient (Wildman–Crippen LogP) is 7.34. The van der Waals surface area contributed by atoms with Gasteiger partial charge in [-0.05, 0) is 28.8 Å². The molecular formula is C28H25Cl2NO3. The number of rotatable bonds is 10. The molecule has 4 rings (SSSR count). The van der Waals surface area contributed by atoms with E-state index in [0.717, 1.165) is 16.7 Å². The van der Waals surface area contributed by atoms with Crippen LogP contribution in [0.1, 0.15) is 22.3 Å². The molecule has 34 heavy (non-hydrogen) atoms. The van der Waals surface area contributed by atoms with Crippen LogP contribution in [0.5, 0.6) is 0 Å². The number of ether oxygens (including phenoxy) is 3. The van der Waals surface area contributed by atoms with Crippen LogP contribution in [0, 0.1) is 0 Å². The number of halogens is 2. The second-order valence-corrected chi connectivity index (χ2v) is 8.55. The third-order valence-electron chi connectivity index (χ3n) is 5.25. The molecule has 0 saturated heterocycles. The second kappa shape index (κ2) is 11.5. The van der Waals surface area contributed by atoms with E-state index in [1.54, 1.807) is 12.1 Å². The van der Waals surface area contributed by atoms with Crippen molar-refractivity contribution in [1.82, 2.24) is 0 Å². The minimum Gasteiger partial charge on any atom is -0.396 e. The maximum atomic E-state index is 6.40. The largest absolute Gasteiger partial charge is 0.396 e. The van der Waals surface area contributed by atoms with Crippen LogP contribution in [0.2, 0.25) is 10.0 Å². The Balaban J connectivity index is 1.72. The summed E-state index contributed by atoms with van der Waals surface area (Å²) >= 11 is 12.8. The lowest BCUT2D eigenvalue weighted by Gasteiger charge is -2.34. The first-order valence-corrected chi connectivity index (χ1v) is 11.6. The van der Waals surface area contributed by atoms with Gasteiger partial charge in [0.15, 0.2) is 0 Å². The van der Waals surface area contributed by atoms with Crippen LogP contribution in [0.15, 0.2) is 103 Å². The van der Waals surface area contributed by atoms with Gasteiger partial charge < -0.3 is 19.9 Å². The van der Waals surface area contributed by atoms with Crippen LogP contribution in [-0.4, -0.2) is 0 Å². The van der Waals surface area contributed by atoms with E-state index in [0.29, 0.717) is 15.6 Å². The molecule has 0 unspecified atom stereocenters. The zero-order chi connectivity index (χ0) is 23.8. The van der Waals surface area contributed by atoms with Crippen molar-refractivity contribution < 1.29 is 14.2 Å². The van der Waals surface area contributed by atoms with Gasteiger partial charge in [-0.1, -0.05) is 114 Å². The Hall–Kier alpha value is -2.86. The molecule has 4 nitrogen and oxygen atoms in total. The first kappa shape index (κ1) is 24.3. The Bertz CT molecular complexity index is 1060. The van der Waals surface area contributed by atoms with Crippen LogP contribution in [0.4, 0.5) is 5.69 Å². The predicted molar refractivity (Wildman–Crippen MR) is 136 cm³/mol. The lowest BCUT2D eigenvalue weighted by Crippen LogP contribution is -2.36. The Kier molecular flexibility index (Phi) is 8.22. The smallest absolute Gasteiger partial charge is 0.313 e. The van der Waals surface area contributed by atoms with Crippen molar-refractivity contribution in [1.29, 1.82) is 0 Å². The molecule has 0 aliphatic carbocycles. The molecule has 0 aliphatic rings.